The molecule has 0 heterocycles. The van der Waals surface area contributed by atoms with Gasteiger partial charge in [0.15, 0.2) is 11.5 Å². The van der Waals surface area contributed by atoms with Gasteiger partial charge in [-0.15, -0.1) is 0 Å². The summed E-state index contributed by atoms with van der Waals surface area (Å²) in [6.45, 7) is 5.90. The number of ether oxygens (including phenoxy) is 2. The van der Waals surface area contributed by atoms with Crippen molar-refractivity contribution in [2.24, 2.45) is 5.92 Å². The molecule has 0 aliphatic carbocycles. The Bertz CT molecular complexity index is 931. The van der Waals surface area contributed by atoms with E-state index in [0.717, 1.165) is 4.47 Å². The lowest BCUT2D eigenvalue weighted by atomic mass is 10.0. The standard InChI is InChI=1S/C22H26BrN3O5/c1-5-31-17-11-8-15(12-18(17)30-4)21(28)25-26-22(29)19(13(2)3)24-20(27)14-6-9-16(23)10-7-14/h6-13,19H,5H2,1-4H3,(H,24,27)(H,25,28)(H,26,29)/t19-/m0/s1. The summed E-state index contributed by atoms with van der Waals surface area (Å²) in [5.74, 6) is -0.738. The van der Waals surface area contributed by atoms with Crippen molar-refractivity contribution in [3.63, 3.8) is 0 Å². The zero-order valence-corrected chi connectivity index (χ0v) is 19.4. The highest BCUT2D eigenvalue weighted by atomic mass is 79.9. The highest BCUT2D eigenvalue weighted by Gasteiger charge is 2.25. The van der Waals surface area contributed by atoms with Gasteiger partial charge in [0.05, 0.1) is 13.7 Å². The molecule has 2 aromatic rings. The van der Waals surface area contributed by atoms with Crippen LogP contribution in [-0.2, 0) is 4.79 Å². The lowest BCUT2D eigenvalue weighted by Gasteiger charge is -2.22. The van der Waals surface area contributed by atoms with Crippen LogP contribution in [0.25, 0.3) is 0 Å². The monoisotopic (exact) mass is 491 g/mol. The summed E-state index contributed by atoms with van der Waals surface area (Å²) in [5.41, 5.74) is 5.44. The largest absolute Gasteiger partial charge is 0.493 e. The van der Waals surface area contributed by atoms with Crippen molar-refractivity contribution in [1.29, 1.82) is 0 Å². The van der Waals surface area contributed by atoms with Crippen LogP contribution in [0.4, 0.5) is 0 Å². The molecule has 2 rings (SSSR count). The van der Waals surface area contributed by atoms with Crippen LogP contribution >= 0.6 is 15.9 Å². The molecule has 0 fully saturated rings. The maximum atomic E-state index is 12.6. The van der Waals surface area contributed by atoms with E-state index < -0.39 is 17.9 Å². The molecule has 166 valence electrons. The molecule has 0 radical (unpaired) electrons. The summed E-state index contributed by atoms with van der Waals surface area (Å²) in [6.07, 6.45) is 0. The Labute approximate surface area is 189 Å². The number of carbonyl (C=O) groups is 3. The molecule has 0 saturated heterocycles. The second-order valence-electron chi connectivity index (χ2n) is 6.94. The molecule has 2 aromatic carbocycles. The van der Waals surface area contributed by atoms with Gasteiger partial charge in [-0.25, -0.2) is 0 Å². The molecular weight excluding hydrogens is 466 g/mol. The van der Waals surface area contributed by atoms with E-state index in [4.69, 9.17) is 9.47 Å². The average Bonchev–Trinajstić information content (AvgIpc) is 2.76. The molecule has 0 aliphatic rings. The second kappa shape index (κ2) is 11.4. The first kappa shape index (κ1) is 24.2. The third kappa shape index (κ3) is 6.71. The molecule has 0 bridgehead atoms. The molecule has 3 amide bonds. The topological polar surface area (TPSA) is 106 Å². The fourth-order valence-electron chi connectivity index (χ4n) is 2.71. The third-order valence-electron chi connectivity index (χ3n) is 4.37. The van der Waals surface area contributed by atoms with E-state index in [-0.39, 0.29) is 17.4 Å². The van der Waals surface area contributed by atoms with E-state index in [1.807, 2.05) is 6.92 Å². The predicted octanol–water partition coefficient (Wildman–Crippen LogP) is 3.07. The maximum Gasteiger partial charge on any atom is 0.269 e. The van der Waals surface area contributed by atoms with Crippen LogP contribution in [0, 0.1) is 5.92 Å². The predicted molar refractivity (Wildman–Crippen MR) is 120 cm³/mol. The Morgan fingerprint density at radius 1 is 0.935 bits per heavy atom. The van der Waals surface area contributed by atoms with E-state index in [0.29, 0.717) is 23.7 Å². The van der Waals surface area contributed by atoms with Crippen molar-refractivity contribution in [2.45, 2.75) is 26.8 Å². The number of hydrazine groups is 1. The van der Waals surface area contributed by atoms with Crippen molar-refractivity contribution in [2.75, 3.05) is 13.7 Å². The van der Waals surface area contributed by atoms with Crippen molar-refractivity contribution in [3.05, 3.63) is 58.1 Å². The van der Waals surface area contributed by atoms with E-state index >= 15 is 0 Å². The zero-order valence-electron chi connectivity index (χ0n) is 17.8. The molecule has 0 aliphatic heterocycles. The minimum absolute atomic E-state index is 0.207. The highest BCUT2D eigenvalue weighted by Crippen LogP contribution is 2.27. The van der Waals surface area contributed by atoms with Gasteiger partial charge in [0, 0.05) is 15.6 Å². The number of methoxy groups -OCH3 is 1. The van der Waals surface area contributed by atoms with Crippen LogP contribution in [0.15, 0.2) is 46.9 Å². The minimum atomic E-state index is -0.841. The Hall–Kier alpha value is -3.07. The van der Waals surface area contributed by atoms with Gasteiger partial charge in [-0.05, 0) is 55.3 Å². The SMILES string of the molecule is CCOc1ccc(C(=O)NNC(=O)[C@@H](NC(=O)c2ccc(Br)cc2)C(C)C)cc1OC. The van der Waals surface area contributed by atoms with Crippen molar-refractivity contribution < 1.29 is 23.9 Å². The van der Waals surface area contributed by atoms with Crippen molar-refractivity contribution in [3.8, 4) is 11.5 Å². The fourth-order valence-corrected chi connectivity index (χ4v) is 2.98. The lowest BCUT2D eigenvalue weighted by molar-refractivity contribution is -0.124. The Balaban J connectivity index is 2.02. The van der Waals surface area contributed by atoms with Crippen LogP contribution in [0.2, 0.25) is 0 Å². The van der Waals surface area contributed by atoms with Gasteiger partial charge in [-0.3, -0.25) is 25.2 Å². The van der Waals surface area contributed by atoms with Gasteiger partial charge in [-0.1, -0.05) is 29.8 Å². The molecule has 31 heavy (non-hydrogen) atoms. The average molecular weight is 492 g/mol. The van der Waals surface area contributed by atoms with Gasteiger partial charge in [0.2, 0.25) is 0 Å². The summed E-state index contributed by atoms with van der Waals surface area (Å²) in [5, 5.41) is 2.70. The van der Waals surface area contributed by atoms with E-state index in [1.165, 1.54) is 13.2 Å². The molecule has 0 spiro atoms. The number of hydrogen-bond donors (Lipinski definition) is 3. The summed E-state index contributed by atoms with van der Waals surface area (Å²) in [7, 11) is 1.47. The number of rotatable bonds is 8. The zero-order chi connectivity index (χ0) is 23.0. The van der Waals surface area contributed by atoms with E-state index in [1.54, 1.807) is 50.2 Å². The van der Waals surface area contributed by atoms with E-state index in [2.05, 4.69) is 32.1 Å². The van der Waals surface area contributed by atoms with Crippen LogP contribution in [0.1, 0.15) is 41.5 Å². The highest BCUT2D eigenvalue weighted by molar-refractivity contribution is 9.10. The molecule has 1 atom stereocenters. The van der Waals surface area contributed by atoms with Crippen LogP contribution in [-0.4, -0.2) is 37.5 Å². The Morgan fingerprint density at radius 2 is 1.58 bits per heavy atom. The molecule has 9 heteroatoms. The van der Waals surface area contributed by atoms with Gasteiger partial charge in [0.25, 0.3) is 17.7 Å². The molecule has 0 aromatic heterocycles. The molecule has 0 saturated carbocycles. The molecular formula is C22H26BrN3O5. The first-order valence-corrected chi connectivity index (χ1v) is 10.5. The molecule has 8 nitrogen and oxygen atoms in total. The van der Waals surface area contributed by atoms with Gasteiger partial charge >= 0.3 is 0 Å². The van der Waals surface area contributed by atoms with Gasteiger partial charge in [-0.2, -0.15) is 0 Å². The quantitative estimate of drug-likeness (QED) is 0.492. The summed E-state index contributed by atoms with van der Waals surface area (Å²) < 4.78 is 11.5. The number of nitrogens with one attached hydrogen (secondary N) is 3. The summed E-state index contributed by atoms with van der Waals surface area (Å²) in [6, 6.07) is 10.6. The summed E-state index contributed by atoms with van der Waals surface area (Å²) in [4.78, 5) is 37.5. The van der Waals surface area contributed by atoms with E-state index in [9.17, 15) is 14.4 Å². The van der Waals surface area contributed by atoms with Crippen molar-refractivity contribution in [1.82, 2.24) is 16.2 Å². The smallest absolute Gasteiger partial charge is 0.269 e. The number of benzene rings is 2. The van der Waals surface area contributed by atoms with Crippen LogP contribution < -0.4 is 25.6 Å². The third-order valence-corrected chi connectivity index (χ3v) is 4.90. The fraction of sp³-hybridized carbons (Fsp3) is 0.318. The van der Waals surface area contributed by atoms with Gasteiger partial charge < -0.3 is 14.8 Å². The number of hydrogen-bond acceptors (Lipinski definition) is 5. The van der Waals surface area contributed by atoms with Gasteiger partial charge in [0.1, 0.15) is 6.04 Å². The molecule has 0 unspecified atom stereocenters. The number of amides is 3. The summed E-state index contributed by atoms with van der Waals surface area (Å²) >= 11 is 3.31. The van der Waals surface area contributed by atoms with Crippen molar-refractivity contribution >= 4 is 33.7 Å². The first-order valence-electron chi connectivity index (χ1n) is 9.74. The number of halogens is 1. The minimum Gasteiger partial charge on any atom is -0.493 e. The number of carbonyl (C=O) groups excluding carboxylic acids is 3. The lowest BCUT2D eigenvalue weighted by Crippen LogP contribution is -2.54. The Morgan fingerprint density at radius 3 is 2.16 bits per heavy atom. The normalized spacial score (nSPS) is 11.4. The molecule has 3 N–H and O–H groups in total. The van der Waals surface area contributed by atoms with Crippen LogP contribution in [0.3, 0.4) is 0 Å². The second-order valence-corrected chi connectivity index (χ2v) is 7.86. The Kier molecular flexibility index (Phi) is 8.87. The first-order chi connectivity index (χ1) is 14.8. The van der Waals surface area contributed by atoms with Crippen LogP contribution in [0.5, 0.6) is 11.5 Å². The maximum absolute atomic E-state index is 12.6.